The molecule has 47 heavy (non-hydrogen) atoms. The molecule has 0 radical (unpaired) electrons. The Morgan fingerprint density at radius 2 is 1.06 bits per heavy atom. The summed E-state index contributed by atoms with van der Waals surface area (Å²) < 4.78 is 0. The average molecular weight is 603 g/mol. The molecule has 8 aromatic rings. The molecular formula is C43H30N4. The van der Waals surface area contributed by atoms with Crippen molar-refractivity contribution in [3.63, 3.8) is 0 Å². The van der Waals surface area contributed by atoms with Crippen LogP contribution in [0.3, 0.4) is 0 Å². The summed E-state index contributed by atoms with van der Waals surface area (Å²) in [7, 11) is 0. The van der Waals surface area contributed by atoms with E-state index in [1.807, 2.05) is 30.5 Å². The Hall–Kier alpha value is -6.00. The number of hydrogen-bond donors (Lipinski definition) is 0. The minimum absolute atomic E-state index is 0.196. The van der Waals surface area contributed by atoms with Crippen LogP contribution in [0.4, 0.5) is 0 Å². The molecule has 1 aliphatic rings. The van der Waals surface area contributed by atoms with Gasteiger partial charge in [-0.2, -0.15) is 0 Å². The molecule has 0 bridgehead atoms. The standard InChI is InChI=1S/C43H30N4/c1-43(2)37-18-9-8-15-34(37)35-16-10-17-36(39(35)43)42-46-40(28-11-4-3-5-12-28)45-41(47-42)31-22-20-27-19-21-30(23-33(27)24-31)38-25-29-13-6-7-14-32(29)26-44-38/h3-26H,1-2H3. The number of hydrogen-bond acceptors (Lipinski definition) is 4. The molecule has 2 heterocycles. The van der Waals surface area contributed by atoms with E-state index in [0.717, 1.165) is 44.1 Å². The van der Waals surface area contributed by atoms with Crippen molar-refractivity contribution in [2.75, 3.05) is 0 Å². The lowest BCUT2D eigenvalue weighted by Crippen LogP contribution is -2.17. The molecule has 0 saturated carbocycles. The molecule has 0 fully saturated rings. The first-order valence-corrected chi connectivity index (χ1v) is 16.0. The van der Waals surface area contributed by atoms with Gasteiger partial charge in [0, 0.05) is 39.3 Å². The SMILES string of the molecule is CC1(C)c2ccccc2-c2cccc(-c3nc(-c4ccccc4)nc(-c4ccc5ccc(-c6cc7ccccc7cn6)cc5c4)n3)c21. The zero-order valence-corrected chi connectivity index (χ0v) is 26.1. The van der Waals surface area contributed by atoms with Crippen LogP contribution in [0.2, 0.25) is 0 Å². The van der Waals surface area contributed by atoms with E-state index in [2.05, 4.69) is 129 Å². The van der Waals surface area contributed by atoms with Gasteiger partial charge in [-0.05, 0) is 56.6 Å². The van der Waals surface area contributed by atoms with E-state index in [9.17, 15) is 0 Å². The molecule has 0 spiro atoms. The number of fused-ring (bicyclic) bond motifs is 5. The number of pyridine rings is 1. The maximum Gasteiger partial charge on any atom is 0.164 e. The molecule has 0 unspecified atom stereocenters. The summed E-state index contributed by atoms with van der Waals surface area (Å²) in [6.07, 6.45) is 1.95. The van der Waals surface area contributed by atoms with Crippen LogP contribution in [0.15, 0.2) is 146 Å². The minimum atomic E-state index is -0.196. The summed E-state index contributed by atoms with van der Waals surface area (Å²) in [4.78, 5) is 20.1. The predicted octanol–water partition coefficient (Wildman–Crippen LogP) is 10.5. The molecule has 4 nitrogen and oxygen atoms in total. The second-order valence-electron chi connectivity index (χ2n) is 12.8. The molecule has 4 heteroatoms. The Morgan fingerprint density at radius 3 is 1.91 bits per heavy atom. The molecule has 0 atom stereocenters. The van der Waals surface area contributed by atoms with Crippen LogP contribution in [0, 0.1) is 0 Å². The van der Waals surface area contributed by atoms with Crippen molar-refractivity contribution in [3.05, 3.63) is 157 Å². The van der Waals surface area contributed by atoms with Crippen LogP contribution in [0.1, 0.15) is 25.0 Å². The van der Waals surface area contributed by atoms with Gasteiger partial charge in [0.2, 0.25) is 0 Å². The van der Waals surface area contributed by atoms with Gasteiger partial charge in [-0.15, -0.1) is 0 Å². The van der Waals surface area contributed by atoms with Crippen LogP contribution in [0.5, 0.6) is 0 Å². The lowest BCUT2D eigenvalue weighted by atomic mass is 9.80. The smallest absolute Gasteiger partial charge is 0.164 e. The van der Waals surface area contributed by atoms with E-state index >= 15 is 0 Å². The van der Waals surface area contributed by atoms with Crippen molar-refractivity contribution in [2.45, 2.75) is 19.3 Å². The fourth-order valence-electron chi connectivity index (χ4n) is 7.16. The third kappa shape index (κ3) is 4.52. The van der Waals surface area contributed by atoms with Gasteiger partial charge in [-0.25, -0.2) is 15.0 Å². The summed E-state index contributed by atoms with van der Waals surface area (Å²) >= 11 is 0. The van der Waals surface area contributed by atoms with E-state index in [0.29, 0.717) is 17.5 Å². The fraction of sp³-hybridized carbons (Fsp3) is 0.0698. The van der Waals surface area contributed by atoms with Crippen LogP contribution in [-0.2, 0) is 5.41 Å². The van der Waals surface area contributed by atoms with Crippen LogP contribution in [0.25, 0.3) is 78.1 Å². The first kappa shape index (κ1) is 27.3. The highest BCUT2D eigenvalue weighted by atomic mass is 15.0. The summed E-state index contributed by atoms with van der Waals surface area (Å²) in [6.45, 7) is 4.60. The maximum atomic E-state index is 5.19. The van der Waals surface area contributed by atoms with E-state index in [4.69, 9.17) is 19.9 Å². The molecule has 2 aromatic heterocycles. The lowest BCUT2D eigenvalue weighted by molar-refractivity contribution is 0.661. The topological polar surface area (TPSA) is 51.6 Å². The molecule has 0 aliphatic heterocycles. The third-order valence-corrected chi connectivity index (χ3v) is 9.51. The number of nitrogens with zero attached hydrogens (tertiary/aromatic N) is 4. The molecule has 6 aromatic carbocycles. The van der Waals surface area contributed by atoms with Gasteiger partial charge < -0.3 is 0 Å². The normalized spacial score (nSPS) is 13.1. The van der Waals surface area contributed by atoms with Crippen molar-refractivity contribution >= 4 is 21.5 Å². The molecule has 222 valence electrons. The van der Waals surface area contributed by atoms with Crippen molar-refractivity contribution < 1.29 is 0 Å². The fourth-order valence-corrected chi connectivity index (χ4v) is 7.16. The number of rotatable bonds is 4. The Morgan fingerprint density at radius 1 is 0.426 bits per heavy atom. The van der Waals surface area contributed by atoms with Crippen molar-refractivity contribution in [2.24, 2.45) is 0 Å². The first-order chi connectivity index (χ1) is 23.0. The highest BCUT2D eigenvalue weighted by Gasteiger charge is 2.38. The second kappa shape index (κ2) is 10.5. The molecule has 0 amide bonds. The van der Waals surface area contributed by atoms with E-state index in [1.165, 1.54) is 27.6 Å². The first-order valence-electron chi connectivity index (χ1n) is 16.0. The Balaban J connectivity index is 1.21. The minimum Gasteiger partial charge on any atom is -0.256 e. The Labute approximate surface area is 273 Å². The quantitative estimate of drug-likeness (QED) is 0.201. The van der Waals surface area contributed by atoms with Gasteiger partial charge in [0.25, 0.3) is 0 Å². The van der Waals surface area contributed by atoms with Crippen LogP contribution >= 0.6 is 0 Å². The van der Waals surface area contributed by atoms with Gasteiger partial charge >= 0.3 is 0 Å². The molecule has 0 N–H and O–H groups in total. The molecule has 9 rings (SSSR count). The van der Waals surface area contributed by atoms with E-state index < -0.39 is 0 Å². The van der Waals surface area contributed by atoms with Crippen molar-refractivity contribution in [1.29, 1.82) is 0 Å². The summed E-state index contributed by atoms with van der Waals surface area (Å²) in [5.74, 6) is 1.99. The predicted molar refractivity (Wildman–Crippen MR) is 192 cm³/mol. The number of aromatic nitrogens is 4. The zero-order chi connectivity index (χ0) is 31.5. The largest absolute Gasteiger partial charge is 0.256 e. The van der Waals surface area contributed by atoms with Crippen LogP contribution in [-0.4, -0.2) is 19.9 Å². The molecule has 1 aliphatic carbocycles. The number of benzene rings is 6. The summed E-state index contributed by atoms with van der Waals surface area (Å²) in [6, 6.07) is 48.8. The Bertz CT molecular complexity index is 2500. The second-order valence-corrected chi connectivity index (χ2v) is 12.8. The molecule has 0 saturated heterocycles. The maximum absolute atomic E-state index is 5.19. The highest BCUT2D eigenvalue weighted by molar-refractivity contribution is 5.92. The van der Waals surface area contributed by atoms with Gasteiger partial charge in [-0.1, -0.05) is 135 Å². The van der Waals surface area contributed by atoms with Crippen molar-refractivity contribution in [1.82, 2.24) is 19.9 Å². The highest BCUT2D eigenvalue weighted by Crippen LogP contribution is 2.51. The third-order valence-electron chi connectivity index (χ3n) is 9.51. The monoisotopic (exact) mass is 602 g/mol. The van der Waals surface area contributed by atoms with Crippen LogP contribution < -0.4 is 0 Å². The average Bonchev–Trinajstić information content (AvgIpc) is 3.37. The van der Waals surface area contributed by atoms with Crippen molar-refractivity contribution in [3.8, 4) is 56.5 Å². The Kier molecular flexibility index (Phi) is 6.12. The lowest BCUT2D eigenvalue weighted by Gasteiger charge is -2.24. The van der Waals surface area contributed by atoms with E-state index in [-0.39, 0.29) is 5.41 Å². The summed E-state index contributed by atoms with van der Waals surface area (Å²) in [5, 5.41) is 4.57. The zero-order valence-electron chi connectivity index (χ0n) is 26.1. The summed E-state index contributed by atoms with van der Waals surface area (Å²) in [5.41, 5.74) is 9.86. The van der Waals surface area contributed by atoms with Gasteiger partial charge in [-0.3, -0.25) is 4.98 Å². The van der Waals surface area contributed by atoms with Gasteiger partial charge in [0.05, 0.1) is 5.69 Å². The van der Waals surface area contributed by atoms with Gasteiger partial charge in [0.15, 0.2) is 17.5 Å². The van der Waals surface area contributed by atoms with E-state index in [1.54, 1.807) is 0 Å². The van der Waals surface area contributed by atoms with Gasteiger partial charge in [0.1, 0.15) is 0 Å². The molecular weight excluding hydrogens is 573 g/mol.